The number of aliphatic imine (C=N–C) groups is 1. The zero-order valence-electron chi connectivity index (χ0n) is 17.0. The molecule has 14 nitrogen and oxygen atoms in total. The average molecular weight is 445 g/mol. The Hall–Kier alpha value is -2.91. The Morgan fingerprint density at radius 2 is 2.07 bits per heavy atom. The van der Waals surface area contributed by atoms with Crippen LogP contribution < -0.4 is 10.2 Å². The average Bonchev–Trinajstić information content (AvgIpc) is 3.10. The van der Waals surface area contributed by atoms with Gasteiger partial charge < -0.3 is 9.64 Å². The largest absolute Gasteiger partial charge is 0.443 e. The molecule has 1 fully saturated rings. The number of nitrogens with zero attached hydrogens (tertiary/aromatic N) is 5. The molecule has 2 aliphatic rings. The minimum absolute atomic E-state index is 0.0588. The third-order valence-corrected chi connectivity index (χ3v) is 5.13. The second kappa shape index (κ2) is 7.41. The molecular weight excluding hydrogens is 422 g/mol. The van der Waals surface area contributed by atoms with Crippen molar-refractivity contribution in [1.82, 2.24) is 29.9 Å². The first kappa shape index (κ1) is 21.8. The number of aryl methyl sites for hydroxylation is 1. The second-order valence-electron chi connectivity index (χ2n) is 7.66. The predicted octanol–water partition coefficient (Wildman–Crippen LogP) is -0.0383. The van der Waals surface area contributed by atoms with Crippen LogP contribution in [0, 0.1) is 0 Å². The van der Waals surface area contributed by atoms with Crippen LogP contribution in [0.1, 0.15) is 44.1 Å². The third-order valence-electron chi connectivity index (χ3n) is 4.41. The molecule has 0 saturated carbocycles. The van der Waals surface area contributed by atoms with Gasteiger partial charge in [-0.1, -0.05) is 0 Å². The van der Waals surface area contributed by atoms with E-state index in [0.29, 0.717) is 16.3 Å². The Bertz CT molecular complexity index is 997. The summed E-state index contributed by atoms with van der Waals surface area (Å²) in [6, 6.07) is -2.19. The van der Waals surface area contributed by atoms with Gasteiger partial charge in [-0.2, -0.15) is 23.3 Å². The highest BCUT2D eigenvalue weighted by Crippen LogP contribution is 2.42. The number of hydroxylamine groups is 3. The van der Waals surface area contributed by atoms with Crippen LogP contribution in [0.5, 0.6) is 0 Å². The van der Waals surface area contributed by atoms with Gasteiger partial charge >= 0.3 is 22.4 Å². The van der Waals surface area contributed by atoms with Crippen molar-refractivity contribution in [2.45, 2.75) is 38.5 Å². The maximum absolute atomic E-state index is 12.4. The molecule has 0 spiro atoms. The van der Waals surface area contributed by atoms with Crippen LogP contribution in [0.3, 0.4) is 0 Å². The number of carbonyl (C=O) groups is 2. The molecule has 3 rings (SSSR count). The normalized spacial score (nSPS) is 21.5. The molecule has 15 heteroatoms. The predicted molar refractivity (Wildman–Crippen MR) is 100 cm³/mol. The van der Waals surface area contributed by atoms with E-state index in [1.54, 1.807) is 32.5 Å². The first-order valence-corrected chi connectivity index (χ1v) is 10.2. The van der Waals surface area contributed by atoms with Gasteiger partial charge in [0.15, 0.2) is 5.84 Å². The Morgan fingerprint density at radius 3 is 2.67 bits per heavy atom. The van der Waals surface area contributed by atoms with Crippen LogP contribution in [0.25, 0.3) is 0 Å². The number of nitrogens with one attached hydrogen (secondary N) is 2. The van der Waals surface area contributed by atoms with E-state index in [1.165, 1.54) is 22.8 Å². The molecule has 1 aromatic heterocycles. The molecule has 2 aliphatic heterocycles. The number of urea groups is 1. The van der Waals surface area contributed by atoms with Crippen molar-refractivity contribution >= 4 is 28.3 Å². The summed E-state index contributed by atoms with van der Waals surface area (Å²) in [6.07, 6.45) is 0.292. The highest BCUT2D eigenvalue weighted by Gasteiger charge is 2.51. The first-order valence-electron chi connectivity index (χ1n) is 8.82. The van der Waals surface area contributed by atoms with E-state index in [4.69, 9.17) is 4.74 Å². The molecule has 1 saturated heterocycles. The quantitative estimate of drug-likeness (QED) is 0.249. The molecule has 0 radical (unpaired) electrons. The van der Waals surface area contributed by atoms with Crippen molar-refractivity contribution < 1.29 is 32.2 Å². The topological polar surface area (TPSA) is 168 Å². The standard InChI is InChI=1S/C15H23N7O7S/c1-15(2,3)28-13(23)19-30(26,27)29-18-12(16-4)11-10-8(6-17-20(10)5)9-7-21(11)14(24)22(9)25/h6,9,11,25H,7H2,1-5H3,(H,16,18)(H,19,23)/t9-,11-/m0/s1. The molecule has 0 aromatic carbocycles. The van der Waals surface area contributed by atoms with Crippen molar-refractivity contribution in [3.8, 4) is 0 Å². The fourth-order valence-electron chi connectivity index (χ4n) is 3.28. The summed E-state index contributed by atoms with van der Waals surface area (Å²) in [4.78, 5) is 29.4. The van der Waals surface area contributed by atoms with Gasteiger partial charge in [-0.05, 0) is 20.8 Å². The summed E-state index contributed by atoms with van der Waals surface area (Å²) >= 11 is 0. The summed E-state index contributed by atoms with van der Waals surface area (Å²) in [7, 11) is -1.61. The van der Waals surface area contributed by atoms with E-state index in [1.807, 2.05) is 0 Å². The lowest BCUT2D eigenvalue weighted by molar-refractivity contribution is -0.0586. The molecule has 0 aliphatic carbocycles. The number of carbonyl (C=O) groups excluding carboxylic acids is 2. The highest BCUT2D eigenvalue weighted by atomic mass is 32.2. The number of amidine groups is 1. The van der Waals surface area contributed by atoms with Crippen LogP contribution in [0.2, 0.25) is 0 Å². The van der Waals surface area contributed by atoms with Crippen molar-refractivity contribution in [3.05, 3.63) is 17.5 Å². The lowest BCUT2D eigenvalue weighted by Crippen LogP contribution is -2.46. The molecule has 2 atom stereocenters. The zero-order chi connectivity index (χ0) is 22.4. The lowest BCUT2D eigenvalue weighted by Gasteiger charge is -2.31. The smallest absolute Gasteiger partial charge is 0.423 e. The van der Waals surface area contributed by atoms with Crippen molar-refractivity contribution in [1.29, 1.82) is 0 Å². The molecule has 166 valence electrons. The molecule has 0 unspecified atom stereocenters. The van der Waals surface area contributed by atoms with Gasteiger partial charge in [0.05, 0.1) is 18.4 Å². The van der Waals surface area contributed by atoms with E-state index < -0.39 is 40.1 Å². The molecule has 3 heterocycles. The SMILES string of the molecule is CN=C(NOS(=O)(=O)NC(=O)OC(C)(C)C)[C@@H]1c2c(cnn2C)[C@@H]2CN1C(=O)N2O. The van der Waals surface area contributed by atoms with Crippen LogP contribution in [0.4, 0.5) is 9.59 Å². The molecule has 3 amide bonds. The zero-order valence-corrected chi connectivity index (χ0v) is 17.8. The van der Waals surface area contributed by atoms with Gasteiger partial charge in [-0.3, -0.25) is 14.9 Å². The van der Waals surface area contributed by atoms with Crippen LogP contribution in [-0.4, -0.2) is 70.5 Å². The Labute approximate surface area is 172 Å². The highest BCUT2D eigenvalue weighted by molar-refractivity contribution is 7.85. The van der Waals surface area contributed by atoms with Crippen molar-refractivity contribution in [3.63, 3.8) is 0 Å². The van der Waals surface area contributed by atoms with E-state index in [0.717, 1.165) is 0 Å². The number of fused-ring (bicyclic) bond motifs is 4. The third kappa shape index (κ3) is 4.03. The van der Waals surface area contributed by atoms with Gasteiger partial charge in [0.2, 0.25) is 0 Å². The van der Waals surface area contributed by atoms with Gasteiger partial charge in [0.1, 0.15) is 17.7 Å². The fraction of sp³-hybridized carbons (Fsp3) is 0.600. The molecule has 3 N–H and O–H groups in total. The minimum Gasteiger partial charge on any atom is -0.443 e. The minimum atomic E-state index is -4.61. The molecule has 30 heavy (non-hydrogen) atoms. The molecular formula is C15H23N7O7S. The van der Waals surface area contributed by atoms with Gasteiger partial charge in [-0.25, -0.2) is 15.1 Å². The summed E-state index contributed by atoms with van der Waals surface area (Å²) < 4.78 is 36.8. The number of ether oxygens (including phenoxy) is 1. The van der Waals surface area contributed by atoms with E-state index in [-0.39, 0.29) is 12.4 Å². The molecule has 1 aromatic rings. The van der Waals surface area contributed by atoms with E-state index >= 15 is 0 Å². The summed E-state index contributed by atoms with van der Waals surface area (Å²) in [5.74, 6) is -0.0588. The Balaban J connectivity index is 1.79. The Kier molecular flexibility index (Phi) is 5.38. The van der Waals surface area contributed by atoms with Crippen molar-refractivity contribution in [2.24, 2.45) is 12.0 Å². The summed E-state index contributed by atoms with van der Waals surface area (Å²) in [5, 5.41) is 14.8. The maximum atomic E-state index is 12.4. The summed E-state index contributed by atoms with van der Waals surface area (Å²) in [6.45, 7) is 4.85. The van der Waals surface area contributed by atoms with Crippen LogP contribution >= 0.6 is 0 Å². The van der Waals surface area contributed by atoms with E-state index in [9.17, 15) is 23.2 Å². The number of aromatic nitrogens is 2. The maximum Gasteiger partial charge on any atom is 0.423 e. The monoisotopic (exact) mass is 445 g/mol. The van der Waals surface area contributed by atoms with Crippen LogP contribution in [-0.2, 0) is 26.4 Å². The number of rotatable bonds is 4. The first-order chi connectivity index (χ1) is 13.8. The number of amides is 3. The van der Waals surface area contributed by atoms with Crippen molar-refractivity contribution in [2.75, 3.05) is 13.6 Å². The number of hydrogen-bond acceptors (Lipinski definition) is 9. The van der Waals surface area contributed by atoms with Gasteiger partial charge in [0, 0.05) is 19.7 Å². The van der Waals surface area contributed by atoms with Gasteiger partial charge in [0.25, 0.3) is 0 Å². The second-order valence-corrected chi connectivity index (χ2v) is 8.94. The van der Waals surface area contributed by atoms with Crippen LogP contribution in [0.15, 0.2) is 11.2 Å². The summed E-state index contributed by atoms with van der Waals surface area (Å²) in [5.41, 5.74) is 2.37. The molecule has 2 bridgehead atoms. The van der Waals surface area contributed by atoms with E-state index in [2.05, 4.69) is 19.9 Å². The number of hydrogen-bond donors (Lipinski definition) is 3. The fourth-order valence-corrected chi connectivity index (χ4v) is 3.76. The lowest BCUT2D eigenvalue weighted by atomic mass is 9.97. The van der Waals surface area contributed by atoms with Gasteiger partial charge in [-0.15, -0.1) is 4.28 Å². The Morgan fingerprint density at radius 1 is 1.40 bits per heavy atom.